The van der Waals surface area contributed by atoms with E-state index in [9.17, 15) is 9.59 Å². The van der Waals surface area contributed by atoms with Crippen molar-refractivity contribution in [1.29, 1.82) is 0 Å². The lowest BCUT2D eigenvalue weighted by Crippen LogP contribution is -2.43. The van der Waals surface area contributed by atoms with Crippen molar-refractivity contribution in [3.8, 4) is 11.5 Å². The van der Waals surface area contributed by atoms with Crippen molar-refractivity contribution in [3.05, 3.63) is 58.5 Å². The molecule has 1 amide bonds. The molecule has 3 rings (SSSR count). The van der Waals surface area contributed by atoms with Crippen molar-refractivity contribution in [2.75, 3.05) is 13.1 Å². The van der Waals surface area contributed by atoms with Gasteiger partial charge in [-0.3, -0.25) is 4.79 Å². The molecule has 132 valence electrons. The van der Waals surface area contributed by atoms with Gasteiger partial charge in [-0.2, -0.15) is 0 Å². The van der Waals surface area contributed by atoms with Crippen molar-refractivity contribution in [1.82, 2.24) is 9.47 Å². The highest BCUT2D eigenvalue weighted by molar-refractivity contribution is 5.70. The van der Waals surface area contributed by atoms with Gasteiger partial charge in [-0.25, -0.2) is 4.79 Å². The van der Waals surface area contributed by atoms with Gasteiger partial charge in [-0.15, -0.1) is 0 Å². The van der Waals surface area contributed by atoms with E-state index < -0.39 is 0 Å². The highest BCUT2D eigenvalue weighted by atomic mass is 16.6. The zero-order chi connectivity index (χ0) is 17.8. The fourth-order valence-corrected chi connectivity index (χ4v) is 2.81. The molecule has 0 bridgehead atoms. The Hall–Kier alpha value is -2.76. The van der Waals surface area contributed by atoms with Crippen LogP contribution in [0.25, 0.3) is 0 Å². The minimum Gasteiger partial charge on any atom is -0.490 e. The van der Waals surface area contributed by atoms with Gasteiger partial charge >= 0.3 is 6.09 Å². The molecule has 25 heavy (non-hydrogen) atoms. The van der Waals surface area contributed by atoms with Gasteiger partial charge in [0, 0.05) is 44.7 Å². The Kier molecular flexibility index (Phi) is 5.07. The van der Waals surface area contributed by atoms with Crippen LogP contribution < -0.4 is 15.0 Å². The Bertz CT molecular complexity index is 793. The maximum Gasteiger partial charge on any atom is 0.415 e. The van der Waals surface area contributed by atoms with Crippen molar-refractivity contribution in [3.63, 3.8) is 0 Å². The molecule has 0 unspecified atom stereocenters. The van der Waals surface area contributed by atoms with Gasteiger partial charge in [0.15, 0.2) is 0 Å². The predicted octanol–water partition coefficient (Wildman–Crippen LogP) is 2.74. The minimum atomic E-state index is -0.339. The molecular weight excluding hydrogens is 320 g/mol. The second-order valence-corrected chi connectivity index (χ2v) is 6.21. The van der Waals surface area contributed by atoms with E-state index in [2.05, 4.69) is 0 Å². The molecule has 0 N–H and O–H groups in total. The average Bonchev–Trinajstić information content (AvgIpc) is 2.61. The summed E-state index contributed by atoms with van der Waals surface area (Å²) in [4.78, 5) is 25.7. The summed E-state index contributed by atoms with van der Waals surface area (Å²) in [5.74, 6) is 1.13. The third kappa shape index (κ3) is 4.21. The number of ether oxygens (including phenoxy) is 2. The molecule has 6 nitrogen and oxygen atoms in total. The summed E-state index contributed by atoms with van der Waals surface area (Å²) in [5.41, 5.74) is 0.769. The van der Waals surface area contributed by atoms with Crippen molar-refractivity contribution < 1.29 is 14.3 Å². The monoisotopic (exact) mass is 342 g/mol. The molecule has 1 fully saturated rings. The number of piperidine rings is 1. The number of para-hydroxylation sites is 1. The van der Waals surface area contributed by atoms with Crippen LogP contribution in [-0.4, -0.2) is 34.8 Å². The molecule has 1 aliphatic rings. The number of carbonyl (C=O) groups excluding carboxylic acids is 1. The highest BCUT2D eigenvalue weighted by Crippen LogP contribution is 2.20. The van der Waals surface area contributed by atoms with Crippen molar-refractivity contribution >= 4 is 6.09 Å². The van der Waals surface area contributed by atoms with Crippen LogP contribution in [0.4, 0.5) is 4.79 Å². The number of hydrogen-bond acceptors (Lipinski definition) is 4. The van der Waals surface area contributed by atoms with Gasteiger partial charge in [0.05, 0.1) is 0 Å². The molecule has 0 atom stereocenters. The van der Waals surface area contributed by atoms with Crippen LogP contribution >= 0.6 is 0 Å². The van der Waals surface area contributed by atoms with Crippen LogP contribution in [0.15, 0.2) is 47.3 Å². The van der Waals surface area contributed by atoms with Crippen LogP contribution in [0.5, 0.6) is 11.5 Å². The first kappa shape index (κ1) is 17.1. The van der Waals surface area contributed by atoms with Gasteiger partial charge in [0.1, 0.15) is 17.6 Å². The first-order valence-corrected chi connectivity index (χ1v) is 8.39. The maximum absolute atomic E-state index is 12.2. The fraction of sp³-hybridized carbons (Fsp3) is 0.368. The normalized spacial score (nSPS) is 15.0. The number of benzene rings is 1. The Morgan fingerprint density at radius 3 is 2.40 bits per heavy atom. The van der Waals surface area contributed by atoms with Gasteiger partial charge in [0.2, 0.25) is 0 Å². The van der Waals surface area contributed by atoms with Gasteiger partial charge in [-0.1, -0.05) is 18.2 Å². The second-order valence-electron chi connectivity index (χ2n) is 6.21. The Balaban J connectivity index is 1.53. The number of aromatic nitrogens is 1. The van der Waals surface area contributed by atoms with Crippen molar-refractivity contribution in [2.24, 2.45) is 7.05 Å². The fourth-order valence-electron chi connectivity index (χ4n) is 2.81. The molecule has 6 heteroatoms. The summed E-state index contributed by atoms with van der Waals surface area (Å²) in [7, 11) is 1.73. The van der Waals surface area contributed by atoms with Crippen LogP contribution in [-0.2, 0) is 7.05 Å². The highest BCUT2D eigenvalue weighted by Gasteiger charge is 2.25. The van der Waals surface area contributed by atoms with E-state index in [0.29, 0.717) is 37.4 Å². The molecule has 1 aromatic carbocycles. The zero-order valence-electron chi connectivity index (χ0n) is 14.5. The summed E-state index contributed by atoms with van der Waals surface area (Å²) in [6.07, 6.45) is 1.07. The average molecular weight is 342 g/mol. The number of carbonyl (C=O) groups is 1. The molecule has 1 aromatic heterocycles. The van der Waals surface area contributed by atoms with E-state index in [4.69, 9.17) is 9.47 Å². The SMILES string of the molecule is Cc1cc(OC2CCN(C(=O)Oc3ccccc3)CC2)cc(=O)n1C. The topological polar surface area (TPSA) is 60.8 Å². The molecule has 2 heterocycles. The van der Waals surface area contributed by atoms with Gasteiger partial charge < -0.3 is 18.9 Å². The number of rotatable bonds is 3. The first-order chi connectivity index (χ1) is 12.0. The minimum absolute atomic E-state index is 0.00715. The number of hydrogen-bond donors (Lipinski definition) is 0. The summed E-state index contributed by atoms with van der Waals surface area (Å²) in [6.45, 7) is 3.01. The summed E-state index contributed by atoms with van der Waals surface area (Å²) >= 11 is 0. The number of amides is 1. The largest absolute Gasteiger partial charge is 0.490 e. The molecule has 0 spiro atoms. The van der Waals surface area contributed by atoms with Crippen LogP contribution in [0.3, 0.4) is 0 Å². The van der Waals surface area contributed by atoms with Crippen molar-refractivity contribution in [2.45, 2.75) is 25.9 Å². The lowest BCUT2D eigenvalue weighted by molar-refractivity contribution is 0.0928. The van der Waals surface area contributed by atoms with E-state index >= 15 is 0 Å². The van der Waals surface area contributed by atoms with E-state index in [1.54, 1.807) is 28.6 Å². The summed E-state index contributed by atoms with van der Waals surface area (Å²) in [5, 5.41) is 0. The quantitative estimate of drug-likeness (QED) is 0.860. The number of nitrogens with zero attached hydrogens (tertiary/aromatic N) is 2. The molecular formula is C19H22N2O4. The first-order valence-electron chi connectivity index (χ1n) is 8.39. The van der Waals surface area contributed by atoms with E-state index in [-0.39, 0.29) is 17.8 Å². The number of pyridine rings is 1. The second kappa shape index (κ2) is 7.42. The van der Waals surface area contributed by atoms with E-state index in [0.717, 1.165) is 5.69 Å². The Labute approximate surface area is 146 Å². The van der Waals surface area contributed by atoms with Crippen LogP contribution in [0.2, 0.25) is 0 Å². The molecule has 0 saturated carbocycles. The summed E-state index contributed by atoms with van der Waals surface area (Å²) in [6, 6.07) is 12.4. The number of aryl methyl sites for hydroxylation is 1. The standard InChI is InChI=1S/C19H22N2O4/c1-14-12-17(13-18(22)20(14)2)24-16-8-10-21(11-9-16)19(23)25-15-6-4-3-5-7-15/h3-7,12-13,16H,8-11H2,1-2H3. The van der Waals surface area contributed by atoms with E-state index in [1.807, 2.05) is 31.2 Å². The Morgan fingerprint density at radius 1 is 1.08 bits per heavy atom. The van der Waals surface area contributed by atoms with Crippen LogP contribution in [0.1, 0.15) is 18.5 Å². The third-order valence-corrected chi connectivity index (χ3v) is 4.43. The molecule has 1 saturated heterocycles. The number of likely N-dealkylation sites (tertiary alicyclic amines) is 1. The third-order valence-electron chi connectivity index (χ3n) is 4.43. The van der Waals surface area contributed by atoms with Gasteiger partial charge in [-0.05, 0) is 25.1 Å². The molecule has 0 aliphatic carbocycles. The molecule has 2 aromatic rings. The summed E-state index contributed by atoms with van der Waals surface area (Å²) < 4.78 is 12.9. The van der Waals surface area contributed by atoms with Gasteiger partial charge in [0.25, 0.3) is 5.56 Å². The molecule has 1 aliphatic heterocycles. The van der Waals surface area contributed by atoms with Crippen LogP contribution in [0, 0.1) is 6.92 Å². The lowest BCUT2D eigenvalue weighted by atomic mass is 10.1. The smallest absolute Gasteiger partial charge is 0.415 e. The zero-order valence-corrected chi connectivity index (χ0v) is 14.5. The maximum atomic E-state index is 12.2. The lowest BCUT2D eigenvalue weighted by Gasteiger charge is -2.31. The predicted molar refractivity (Wildman–Crippen MR) is 94.1 cm³/mol. The Morgan fingerprint density at radius 2 is 1.76 bits per heavy atom. The van der Waals surface area contributed by atoms with E-state index in [1.165, 1.54) is 6.07 Å². The molecule has 0 radical (unpaired) electrons.